The van der Waals surface area contributed by atoms with Crippen LogP contribution in [0.4, 0.5) is 0 Å². The van der Waals surface area contributed by atoms with Gasteiger partial charge in [0, 0.05) is 0 Å². The summed E-state index contributed by atoms with van der Waals surface area (Å²) in [6.07, 6.45) is 12.0. The smallest absolute Gasteiger partial charge is 0.0809 e. The predicted molar refractivity (Wildman–Crippen MR) is 113 cm³/mol. The van der Waals surface area contributed by atoms with Gasteiger partial charge in [-0.3, -0.25) is 6.08 Å². The van der Waals surface area contributed by atoms with Crippen LogP contribution in [0, 0.1) is 19.9 Å². The summed E-state index contributed by atoms with van der Waals surface area (Å²) in [5.41, 5.74) is 0. The summed E-state index contributed by atoms with van der Waals surface area (Å²) in [5, 5.41) is 2.66. The van der Waals surface area contributed by atoms with Crippen LogP contribution in [0.15, 0.2) is 60.7 Å². The third-order valence-electron chi connectivity index (χ3n) is 2.13. The van der Waals surface area contributed by atoms with Crippen molar-refractivity contribution in [3.63, 3.8) is 0 Å². The summed E-state index contributed by atoms with van der Waals surface area (Å²) in [6.45, 7) is 14.1. The molecule has 134 valence electrons. The normalized spacial score (nSPS) is 9.12. The Hall–Kier alpha value is -0.0100. The van der Waals surface area contributed by atoms with Gasteiger partial charge in [-0.05, 0) is 0 Å². The molecule has 0 heterocycles. The number of halogens is 2. The SMILES string of the molecule is Cl.Cl.[C-]1=CC=CC1.[CH2-]CC.[CH2-]CC.[Si]=[Zr].c1ccc2[cH-]ccc2c1. The zero-order chi connectivity index (χ0) is 17.1. The predicted octanol–water partition coefficient (Wildman–Crippen LogP) is 6.79. The molecule has 0 atom stereocenters. The summed E-state index contributed by atoms with van der Waals surface area (Å²) in [4.78, 5) is 0. The Kier molecular flexibility index (Phi) is 36.8. The van der Waals surface area contributed by atoms with E-state index >= 15 is 0 Å². The molecule has 0 fully saturated rings. The first-order chi connectivity index (χ1) is 10.8. The summed E-state index contributed by atoms with van der Waals surface area (Å²) >= 11 is 1.36. The van der Waals surface area contributed by atoms with E-state index in [1.807, 2.05) is 26.0 Å². The minimum Gasteiger partial charge on any atom is -0.168 e. The molecular formula is C20H28Cl2SiZr-4. The second-order valence-corrected chi connectivity index (χ2v) is 4.16. The van der Waals surface area contributed by atoms with Crippen molar-refractivity contribution in [1.29, 1.82) is 0 Å². The van der Waals surface area contributed by atoms with Gasteiger partial charge in [0.05, 0.1) is 0 Å². The fraction of sp³-hybridized carbons (Fsp3) is 0.250. The van der Waals surface area contributed by atoms with Crippen LogP contribution in [-0.2, 0) is 23.3 Å². The van der Waals surface area contributed by atoms with E-state index in [-0.39, 0.29) is 24.8 Å². The Morgan fingerprint density at radius 2 is 1.62 bits per heavy atom. The minimum absolute atomic E-state index is 0. The summed E-state index contributed by atoms with van der Waals surface area (Å²) < 4.78 is 0. The third kappa shape index (κ3) is 20.0. The fourth-order valence-corrected chi connectivity index (χ4v) is 1.41. The van der Waals surface area contributed by atoms with Gasteiger partial charge < -0.3 is 13.8 Å². The Bertz CT molecular complexity index is 465. The fourth-order valence-electron chi connectivity index (χ4n) is 1.41. The molecule has 3 rings (SSSR count). The summed E-state index contributed by atoms with van der Waals surface area (Å²) in [5.74, 6) is 0. The molecule has 0 aromatic heterocycles. The van der Waals surface area contributed by atoms with E-state index in [4.69, 9.17) is 0 Å². The van der Waals surface area contributed by atoms with Gasteiger partial charge in [0.25, 0.3) is 0 Å². The average molecular weight is 459 g/mol. The van der Waals surface area contributed by atoms with Gasteiger partial charge in [0.1, 0.15) is 0 Å². The van der Waals surface area contributed by atoms with Crippen molar-refractivity contribution in [1.82, 2.24) is 0 Å². The van der Waals surface area contributed by atoms with Crippen molar-refractivity contribution >= 4 is 42.5 Å². The van der Waals surface area contributed by atoms with E-state index in [9.17, 15) is 0 Å². The van der Waals surface area contributed by atoms with Crippen molar-refractivity contribution in [2.24, 2.45) is 0 Å². The zero-order valence-electron chi connectivity index (χ0n) is 14.6. The number of hydrogen-bond acceptors (Lipinski definition) is 0. The van der Waals surface area contributed by atoms with Crippen LogP contribution < -0.4 is 0 Å². The summed E-state index contributed by atoms with van der Waals surface area (Å²) in [6, 6.07) is 14.7. The molecular weight excluding hydrogens is 430 g/mol. The van der Waals surface area contributed by atoms with Crippen LogP contribution in [0.1, 0.15) is 33.1 Å². The molecule has 0 bridgehead atoms. The monoisotopic (exact) mass is 456 g/mol. The molecule has 1 aliphatic carbocycles. The largest absolute Gasteiger partial charge is 0.168 e. The molecule has 0 amide bonds. The van der Waals surface area contributed by atoms with Crippen molar-refractivity contribution in [3.05, 3.63) is 80.6 Å². The van der Waals surface area contributed by atoms with E-state index in [0.717, 1.165) is 19.3 Å². The maximum atomic E-state index is 3.49. The molecule has 0 saturated heterocycles. The van der Waals surface area contributed by atoms with Crippen LogP contribution >= 0.6 is 24.8 Å². The quantitative estimate of drug-likeness (QED) is 0.301. The molecule has 0 N–H and O–H groups in total. The molecule has 24 heavy (non-hydrogen) atoms. The second kappa shape index (κ2) is 27.8. The van der Waals surface area contributed by atoms with Crippen LogP contribution in [0.25, 0.3) is 10.8 Å². The van der Waals surface area contributed by atoms with Gasteiger partial charge in [-0.2, -0.15) is 36.4 Å². The molecule has 0 unspecified atom stereocenters. The average Bonchev–Trinajstić information content (AvgIpc) is 3.25. The Morgan fingerprint density at radius 3 is 2.00 bits per heavy atom. The van der Waals surface area contributed by atoms with Crippen molar-refractivity contribution in [3.8, 4) is 0 Å². The van der Waals surface area contributed by atoms with Gasteiger partial charge in [0.2, 0.25) is 0 Å². The first-order valence-electron chi connectivity index (χ1n) is 7.45. The first kappa shape index (κ1) is 31.7. The molecule has 0 nitrogen and oxygen atoms in total. The molecule has 0 spiro atoms. The number of rotatable bonds is 0. The Balaban J connectivity index is -0.000000117. The molecule has 0 saturated carbocycles. The Morgan fingerprint density at radius 1 is 1.08 bits per heavy atom. The van der Waals surface area contributed by atoms with Gasteiger partial charge in [-0.15, -0.1) is 60.9 Å². The van der Waals surface area contributed by atoms with Crippen LogP contribution in [0.2, 0.25) is 0 Å². The topological polar surface area (TPSA) is 0 Å². The van der Waals surface area contributed by atoms with Crippen molar-refractivity contribution in [2.45, 2.75) is 33.1 Å². The number of hydrogen-bond donors (Lipinski definition) is 0. The number of benzene rings is 1. The van der Waals surface area contributed by atoms with Crippen LogP contribution in [-0.4, -0.2) is 6.88 Å². The zero-order valence-corrected chi connectivity index (χ0v) is 19.7. The third-order valence-corrected chi connectivity index (χ3v) is 2.13. The van der Waals surface area contributed by atoms with Crippen LogP contribution in [0.3, 0.4) is 0 Å². The van der Waals surface area contributed by atoms with E-state index in [0.29, 0.717) is 0 Å². The number of allylic oxidation sites excluding steroid dienone is 4. The second-order valence-electron chi connectivity index (χ2n) is 4.16. The standard InChI is InChI=1S/C9H7.C5H5.2C3H7.2ClH.Si.Zr/c1-2-5-9-7-3-6-8(9)4-1;1-2-4-5-3-1;2*1-3-2;;;;/h1-7H;1-3H,4H2;2*1,3H2,2H3;2*1H;;/q4*-1;;;;. The van der Waals surface area contributed by atoms with Gasteiger partial charge >= 0.3 is 30.2 Å². The first-order valence-corrected chi connectivity index (χ1v) is 11.6. The number of fused-ring (bicyclic) bond motifs is 1. The molecule has 4 heteroatoms. The van der Waals surface area contributed by atoms with Gasteiger partial charge in [0.15, 0.2) is 0 Å². The molecule has 2 aromatic rings. The van der Waals surface area contributed by atoms with E-state index in [1.54, 1.807) is 0 Å². The van der Waals surface area contributed by atoms with Crippen molar-refractivity contribution < 1.29 is 23.3 Å². The minimum atomic E-state index is 0. The maximum absolute atomic E-state index is 3.49. The van der Waals surface area contributed by atoms with E-state index in [2.05, 4.69) is 75.3 Å². The molecule has 2 aromatic carbocycles. The van der Waals surface area contributed by atoms with E-state index in [1.165, 1.54) is 34.1 Å². The molecule has 1 aliphatic rings. The van der Waals surface area contributed by atoms with E-state index < -0.39 is 0 Å². The Labute approximate surface area is 178 Å². The summed E-state index contributed by atoms with van der Waals surface area (Å²) in [7, 11) is 0. The molecule has 0 aliphatic heterocycles. The van der Waals surface area contributed by atoms with Crippen molar-refractivity contribution in [2.75, 3.05) is 0 Å². The van der Waals surface area contributed by atoms with Crippen LogP contribution in [0.5, 0.6) is 0 Å². The van der Waals surface area contributed by atoms with Gasteiger partial charge in [-0.1, -0.05) is 19.9 Å². The van der Waals surface area contributed by atoms with Gasteiger partial charge in [-0.25, -0.2) is 12.2 Å². The molecule has 2 radical (unpaired) electrons. The maximum Gasteiger partial charge on any atom is -0.0809 e.